The summed E-state index contributed by atoms with van der Waals surface area (Å²) in [6.07, 6.45) is 4.93. The van der Waals surface area contributed by atoms with E-state index in [0.29, 0.717) is 48.0 Å². The van der Waals surface area contributed by atoms with E-state index in [2.05, 4.69) is 10.3 Å². The number of nitrogens with zero attached hydrogens (tertiary/aromatic N) is 4. The standard InChI is InChI=1S/C29H29F2N5O5S2/c1-43-28(42)32-12-18-13-36(29(40)41-18)17-4-5-19(22(30)10-17)15-6-8-34(9-7-15)26-23(31)11-20-24(37)21(27(38)39)14-35(16-2-3-16)25(20)33-26/h4-5,10-11,14-16,18H,2-3,6-9,12-13H2,1H3,(H,32,42)(H,38,39)/t18-/m0/s1. The van der Waals surface area contributed by atoms with Gasteiger partial charge in [0.2, 0.25) is 5.43 Å². The highest BCUT2D eigenvalue weighted by atomic mass is 32.2. The van der Waals surface area contributed by atoms with Crippen molar-refractivity contribution in [3.8, 4) is 0 Å². The lowest BCUT2D eigenvalue weighted by molar-refractivity contribution is 0.0694. The van der Waals surface area contributed by atoms with Crippen LogP contribution in [0.15, 0.2) is 35.3 Å². The summed E-state index contributed by atoms with van der Waals surface area (Å²) in [4.78, 5) is 44.5. The fourth-order valence-corrected chi connectivity index (χ4v) is 6.08. The van der Waals surface area contributed by atoms with Crippen molar-refractivity contribution in [1.82, 2.24) is 14.9 Å². The molecule has 226 valence electrons. The lowest BCUT2D eigenvalue weighted by Crippen LogP contribution is -2.35. The molecule has 6 rings (SSSR count). The summed E-state index contributed by atoms with van der Waals surface area (Å²) < 4.78 is 38.3. The van der Waals surface area contributed by atoms with E-state index in [9.17, 15) is 19.5 Å². The number of hydrogen-bond donors (Lipinski definition) is 2. The lowest BCUT2D eigenvalue weighted by Gasteiger charge is -2.33. The van der Waals surface area contributed by atoms with Crippen molar-refractivity contribution >= 4 is 62.9 Å². The highest BCUT2D eigenvalue weighted by Gasteiger charge is 2.34. The summed E-state index contributed by atoms with van der Waals surface area (Å²) in [6, 6.07) is 5.85. The molecule has 1 aromatic carbocycles. The number of piperidine rings is 1. The van der Waals surface area contributed by atoms with Crippen molar-refractivity contribution in [2.45, 2.75) is 43.7 Å². The molecule has 2 N–H and O–H groups in total. The zero-order valence-corrected chi connectivity index (χ0v) is 24.9. The van der Waals surface area contributed by atoms with Gasteiger partial charge in [-0.25, -0.2) is 23.4 Å². The Bertz CT molecular complexity index is 1690. The number of benzene rings is 1. The Hall–Kier alpha value is -3.78. The molecule has 1 aliphatic carbocycles. The SMILES string of the molecule is CSC(=S)NC[C@H]1CN(c2ccc(C3CCN(c4nc5c(cc4F)c(=O)c(C(=O)O)cn5C4CC4)CC3)c(F)c2)C(=O)O1. The van der Waals surface area contributed by atoms with E-state index in [1.54, 1.807) is 21.6 Å². The van der Waals surface area contributed by atoms with Crippen LogP contribution < -0.4 is 20.5 Å². The first-order chi connectivity index (χ1) is 20.6. The van der Waals surface area contributed by atoms with Crippen LogP contribution in [0, 0.1) is 11.6 Å². The molecule has 2 aliphatic heterocycles. The molecule has 1 saturated carbocycles. The van der Waals surface area contributed by atoms with Gasteiger partial charge in [-0.2, -0.15) is 0 Å². The van der Waals surface area contributed by atoms with Crippen molar-refractivity contribution in [3.63, 3.8) is 0 Å². The average molecular weight is 630 g/mol. The van der Waals surface area contributed by atoms with E-state index in [1.165, 1.54) is 28.9 Å². The molecule has 2 saturated heterocycles. The van der Waals surface area contributed by atoms with E-state index < -0.39 is 40.8 Å². The van der Waals surface area contributed by atoms with E-state index >= 15 is 8.78 Å². The van der Waals surface area contributed by atoms with Gasteiger partial charge >= 0.3 is 12.1 Å². The molecule has 0 radical (unpaired) electrons. The minimum atomic E-state index is -1.36. The number of hydrogen-bond acceptors (Lipinski definition) is 8. The second-order valence-electron chi connectivity index (χ2n) is 10.9. The van der Waals surface area contributed by atoms with Gasteiger partial charge in [-0.1, -0.05) is 18.3 Å². The molecule has 1 amide bonds. The summed E-state index contributed by atoms with van der Waals surface area (Å²) in [6.45, 7) is 1.46. The molecule has 0 spiro atoms. The summed E-state index contributed by atoms with van der Waals surface area (Å²) in [7, 11) is 0. The Labute approximate surface area is 255 Å². The van der Waals surface area contributed by atoms with E-state index in [4.69, 9.17) is 17.0 Å². The van der Waals surface area contributed by atoms with Gasteiger partial charge in [0, 0.05) is 25.3 Å². The number of anilines is 2. The molecule has 3 aliphatic rings. The maximum absolute atomic E-state index is 15.4. The number of ether oxygens (including phenoxy) is 1. The highest BCUT2D eigenvalue weighted by Crippen LogP contribution is 2.38. The zero-order chi connectivity index (χ0) is 30.4. The number of thioether (sulfide) groups is 1. The van der Waals surface area contributed by atoms with Crippen LogP contribution in [0.3, 0.4) is 0 Å². The predicted octanol–water partition coefficient (Wildman–Crippen LogP) is 4.65. The molecular weight excluding hydrogens is 600 g/mol. The average Bonchev–Trinajstić information content (AvgIpc) is 3.77. The lowest BCUT2D eigenvalue weighted by atomic mass is 9.89. The molecule has 0 unspecified atom stereocenters. The van der Waals surface area contributed by atoms with Gasteiger partial charge in [0.05, 0.1) is 24.2 Å². The molecule has 1 atom stereocenters. The van der Waals surface area contributed by atoms with Crippen LogP contribution in [0.5, 0.6) is 0 Å². The van der Waals surface area contributed by atoms with Crippen molar-refractivity contribution in [2.24, 2.45) is 0 Å². The van der Waals surface area contributed by atoms with Crippen molar-refractivity contribution in [2.75, 3.05) is 42.2 Å². The van der Waals surface area contributed by atoms with Crippen LogP contribution in [0.1, 0.15) is 53.6 Å². The number of nitrogens with one attached hydrogen (secondary N) is 1. The largest absolute Gasteiger partial charge is 0.477 e. The van der Waals surface area contributed by atoms with Crippen LogP contribution >= 0.6 is 24.0 Å². The van der Waals surface area contributed by atoms with Gasteiger partial charge in [-0.15, -0.1) is 11.8 Å². The zero-order valence-electron chi connectivity index (χ0n) is 23.2. The van der Waals surface area contributed by atoms with Gasteiger partial charge < -0.3 is 24.6 Å². The molecule has 14 heteroatoms. The van der Waals surface area contributed by atoms with Gasteiger partial charge in [-0.3, -0.25) is 9.69 Å². The Morgan fingerprint density at radius 3 is 2.56 bits per heavy atom. The Morgan fingerprint density at radius 1 is 1.16 bits per heavy atom. The molecule has 0 bridgehead atoms. The van der Waals surface area contributed by atoms with Crippen molar-refractivity contribution in [3.05, 3.63) is 63.4 Å². The number of amides is 1. The Balaban J connectivity index is 1.16. The highest BCUT2D eigenvalue weighted by molar-refractivity contribution is 8.22. The maximum atomic E-state index is 15.4. The summed E-state index contributed by atoms with van der Waals surface area (Å²) in [5.41, 5.74) is 0.0349. The number of aromatic nitrogens is 2. The van der Waals surface area contributed by atoms with Crippen molar-refractivity contribution < 1.29 is 28.2 Å². The van der Waals surface area contributed by atoms with E-state index in [1.807, 2.05) is 6.26 Å². The fraction of sp³-hybridized carbons (Fsp3) is 0.414. The number of pyridine rings is 2. The second kappa shape index (κ2) is 11.7. The predicted molar refractivity (Wildman–Crippen MR) is 164 cm³/mol. The number of carboxylic acids is 1. The van der Waals surface area contributed by atoms with E-state index in [0.717, 1.165) is 18.9 Å². The number of carbonyl (C=O) groups excluding carboxylic acids is 1. The number of carbonyl (C=O) groups is 2. The molecule has 2 aromatic heterocycles. The normalized spacial score (nSPS) is 19.1. The minimum Gasteiger partial charge on any atom is -0.477 e. The number of carboxylic acid groups (broad SMARTS) is 1. The second-order valence-corrected chi connectivity index (χ2v) is 12.4. The quantitative estimate of drug-likeness (QED) is 0.358. The third kappa shape index (κ3) is 5.77. The molecular formula is C29H29F2N5O5S2. The summed E-state index contributed by atoms with van der Waals surface area (Å²) in [5, 5.41) is 12.4. The number of rotatable bonds is 7. The van der Waals surface area contributed by atoms with Gasteiger partial charge in [-0.05, 0) is 61.6 Å². The van der Waals surface area contributed by atoms with Crippen LogP contribution in [-0.4, -0.2) is 69.6 Å². The van der Waals surface area contributed by atoms with Crippen LogP contribution in [0.2, 0.25) is 0 Å². The van der Waals surface area contributed by atoms with Crippen LogP contribution in [0.4, 0.5) is 25.1 Å². The molecule has 43 heavy (non-hydrogen) atoms. The fourth-order valence-electron chi connectivity index (χ4n) is 5.77. The number of fused-ring (bicyclic) bond motifs is 1. The van der Waals surface area contributed by atoms with Crippen LogP contribution in [-0.2, 0) is 4.74 Å². The van der Waals surface area contributed by atoms with Gasteiger partial charge in [0.25, 0.3) is 0 Å². The molecule has 3 aromatic rings. The Morgan fingerprint density at radius 2 is 1.91 bits per heavy atom. The summed E-state index contributed by atoms with van der Waals surface area (Å²) >= 11 is 6.51. The first-order valence-electron chi connectivity index (χ1n) is 14.0. The first-order valence-corrected chi connectivity index (χ1v) is 15.6. The molecule has 3 fully saturated rings. The van der Waals surface area contributed by atoms with E-state index in [-0.39, 0.29) is 35.4 Å². The first kappa shape index (κ1) is 29.3. The molecule has 4 heterocycles. The maximum Gasteiger partial charge on any atom is 0.414 e. The smallest absolute Gasteiger partial charge is 0.414 e. The van der Waals surface area contributed by atoms with Gasteiger partial charge in [0.1, 0.15) is 27.5 Å². The Kier molecular flexibility index (Phi) is 7.98. The number of cyclic esters (lactones) is 1. The topological polar surface area (TPSA) is 117 Å². The third-order valence-electron chi connectivity index (χ3n) is 8.17. The molecule has 10 nitrogen and oxygen atoms in total. The van der Waals surface area contributed by atoms with Crippen molar-refractivity contribution in [1.29, 1.82) is 0 Å². The summed E-state index contributed by atoms with van der Waals surface area (Å²) in [5.74, 6) is -2.52. The minimum absolute atomic E-state index is 0.0204. The third-order valence-corrected chi connectivity index (χ3v) is 9.33. The number of aromatic carboxylic acids is 1. The number of halogens is 2. The van der Waals surface area contributed by atoms with Crippen LogP contribution in [0.25, 0.3) is 11.0 Å². The number of thiocarbonyl (C=S) groups is 1. The monoisotopic (exact) mass is 629 g/mol. The van der Waals surface area contributed by atoms with Gasteiger partial charge in [0.15, 0.2) is 11.6 Å².